The minimum Gasteiger partial charge on any atom is -0.486 e. The Labute approximate surface area is 193 Å². The molecule has 7 nitrogen and oxygen atoms in total. The highest BCUT2D eigenvalue weighted by atomic mass is 19.1. The van der Waals surface area contributed by atoms with E-state index < -0.39 is 11.4 Å². The number of benzene rings is 3. The first-order valence-electron chi connectivity index (χ1n) is 10.1. The summed E-state index contributed by atoms with van der Waals surface area (Å²) in [7, 11) is 0. The highest BCUT2D eigenvalue weighted by Gasteiger charge is 2.13. The maximum Gasteiger partial charge on any atom is 0.270 e. The van der Waals surface area contributed by atoms with Crippen LogP contribution in [-0.4, -0.2) is 16.2 Å². The predicted octanol–water partition coefficient (Wildman–Crippen LogP) is 4.61. The average Bonchev–Trinajstić information content (AvgIpc) is 2.85. The number of hydrazone groups is 1. The van der Waals surface area contributed by atoms with Gasteiger partial charge in [0.1, 0.15) is 24.1 Å². The number of nitrogens with zero attached hydrogens (tertiary/aromatic N) is 3. The van der Waals surface area contributed by atoms with Crippen LogP contribution < -0.4 is 15.7 Å². The third kappa shape index (κ3) is 5.31. The molecule has 0 aliphatic rings. The fraction of sp³-hybridized carbons (Fsp3) is 0.0400. The third-order valence-electron chi connectivity index (χ3n) is 4.73. The predicted molar refractivity (Wildman–Crippen MR) is 123 cm³/mol. The van der Waals surface area contributed by atoms with Crippen molar-refractivity contribution < 1.29 is 13.5 Å². The van der Waals surface area contributed by atoms with E-state index in [1.807, 2.05) is 12.1 Å². The fourth-order valence-electron chi connectivity index (χ4n) is 3.06. The molecule has 0 atom stereocenters. The molecule has 168 valence electrons. The smallest absolute Gasteiger partial charge is 0.270 e. The van der Waals surface area contributed by atoms with Gasteiger partial charge in [-0.1, -0.05) is 42.5 Å². The number of anilines is 1. The third-order valence-corrected chi connectivity index (χ3v) is 4.73. The van der Waals surface area contributed by atoms with Crippen molar-refractivity contribution in [2.45, 2.75) is 6.61 Å². The Morgan fingerprint density at radius 3 is 2.56 bits per heavy atom. The van der Waals surface area contributed by atoms with Crippen molar-refractivity contribution in [2.24, 2.45) is 5.10 Å². The van der Waals surface area contributed by atoms with Crippen LogP contribution in [0.1, 0.15) is 16.7 Å². The van der Waals surface area contributed by atoms with Gasteiger partial charge in [-0.3, -0.25) is 9.78 Å². The van der Waals surface area contributed by atoms with Gasteiger partial charge in [-0.15, -0.1) is 0 Å². The van der Waals surface area contributed by atoms with Gasteiger partial charge >= 0.3 is 0 Å². The van der Waals surface area contributed by atoms with Crippen molar-refractivity contribution in [2.75, 3.05) is 5.43 Å². The van der Waals surface area contributed by atoms with Gasteiger partial charge in [0.15, 0.2) is 11.6 Å². The molecule has 0 aliphatic heterocycles. The number of aromatic amines is 1. The topological polar surface area (TPSA) is 103 Å². The molecule has 4 rings (SSSR count). The summed E-state index contributed by atoms with van der Waals surface area (Å²) in [5.74, 6) is -0.884. The van der Waals surface area contributed by atoms with Crippen LogP contribution in [0.15, 0.2) is 82.7 Å². The number of halogens is 2. The second kappa shape index (κ2) is 10.2. The van der Waals surface area contributed by atoms with Gasteiger partial charge in [0.2, 0.25) is 5.95 Å². The van der Waals surface area contributed by atoms with Crippen molar-refractivity contribution in [3.8, 4) is 23.1 Å². The van der Waals surface area contributed by atoms with Gasteiger partial charge in [-0.2, -0.15) is 10.4 Å². The summed E-state index contributed by atoms with van der Waals surface area (Å²) in [4.78, 5) is 19.0. The molecule has 2 N–H and O–H groups in total. The lowest BCUT2D eigenvalue weighted by molar-refractivity contribution is 0.290. The van der Waals surface area contributed by atoms with E-state index in [1.54, 1.807) is 42.5 Å². The summed E-state index contributed by atoms with van der Waals surface area (Å²) < 4.78 is 32.8. The molecule has 0 fully saturated rings. The molecule has 0 unspecified atom stereocenters. The molecule has 0 radical (unpaired) electrons. The molecular formula is C25H17F2N5O2. The maximum absolute atomic E-state index is 14.4. The van der Waals surface area contributed by atoms with Crippen LogP contribution in [0.3, 0.4) is 0 Å². The highest BCUT2D eigenvalue weighted by molar-refractivity contribution is 5.80. The van der Waals surface area contributed by atoms with Gasteiger partial charge in [-0.25, -0.2) is 19.2 Å². The first-order chi connectivity index (χ1) is 16.5. The maximum atomic E-state index is 14.4. The number of hydrogen-bond donors (Lipinski definition) is 2. The van der Waals surface area contributed by atoms with E-state index >= 15 is 0 Å². The molecule has 1 heterocycles. The standard InChI is InChI=1S/C25H17F2N5O2/c26-19-9-6-16(7-10-19)15-34-22-11-8-17(12-21(22)27)14-29-32-25-30-23(18-4-2-1-3-5-18)20(13-28)24(33)31-25/h1-12,14H,15H2,(H2,30,31,32,33). The van der Waals surface area contributed by atoms with Crippen LogP contribution in [0.25, 0.3) is 11.3 Å². The molecule has 1 aromatic heterocycles. The summed E-state index contributed by atoms with van der Waals surface area (Å²) in [5, 5.41) is 13.3. The number of nitrogens with one attached hydrogen (secondary N) is 2. The van der Waals surface area contributed by atoms with E-state index in [-0.39, 0.29) is 35.4 Å². The van der Waals surface area contributed by atoms with Crippen LogP contribution in [-0.2, 0) is 6.61 Å². The molecule has 0 bridgehead atoms. The van der Waals surface area contributed by atoms with Crippen LogP contribution in [0, 0.1) is 23.0 Å². The minimum atomic E-state index is -0.609. The van der Waals surface area contributed by atoms with E-state index in [0.29, 0.717) is 16.7 Å². The molecule has 4 aromatic rings. The summed E-state index contributed by atoms with van der Waals surface area (Å²) >= 11 is 0. The zero-order valence-electron chi connectivity index (χ0n) is 17.6. The van der Waals surface area contributed by atoms with Gasteiger partial charge in [-0.05, 0) is 41.5 Å². The lowest BCUT2D eigenvalue weighted by Gasteiger charge is -2.08. The lowest BCUT2D eigenvalue weighted by Crippen LogP contribution is -2.16. The minimum absolute atomic E-state index is 0.0267. The van der Waals surface area contributed by atoms with Crippen molar-refractivity contribution >= 4 is 12.2 Å². The number of hydrogen-bond acceptors (Lipinski definition) is 6. The van der Waals surface area contributed by atoms with Crippen LogP contribution in [0.5, 0.6) is 5.75 Å². The van der Waals surface area contributed by atoms with Crippen LogP contribution in [0.4, 0.5) is 14.7 Å². The van der Waals surface area contributed by atoms with Crippen molar-refractivity contribution in [3.63, 3.8) is 0 Å². The zero-order valence-corrected chi connectivity index (χ0v) is 17.6. The Kier molecular flexibility index (Phi) is 6.70. The average molecular weight is 457 g/mol. The fourth-order valence-corrected chi connectivity index (χ4v) is 3.06. The monoisotopic (exact) mass is 457 g/mol. The molecule has 0 spiro atoms. The van der Waals surface area contributed by atoms with E-state index in [2.05, 4.69) is 20.5 Å². The van der Waals surface area contributed by atoms with Gasteiger partial charge in [0.25, 0.3) is 5.56 Å². The lowest BCUT2D eigenvalue weighted by atomic mass is 10.1. The summed E-state index contributed by atoms with van der Waals surface area (Å²) in [6.45, 7) is 0.0909. The second-order valence-corrected chi connectivity index (χ2v) is 7.09. The number of rotatable bonds is 7. The van der Waals surface area contributed by atoms with Crippen molar-refractivity contribution in [3.05, 3.63) is 111 Å². The highest BCUT2D eigenvalue weighted by Crippen LogP contribution is 2.20. The van der Waals surface area contributed by atoms with Gasteiger partial charge in [0.05, 0.1) is 11.9 Å². The Hall–Kier alpha value is -4.84. The number of ether oxygens (including phenoxy) is 1. The zero-order chi connectivity index (χ0) is 23.9. The Bertz CT molecular complexity index is 1430. The molecule has 34 heavy (non-hydrogen) atoms. The van der Waals surface area contributed by atoms with Crippen molar-refractivity contribution in [1.82, 2.24) is 9.97 Å². The number of aromatic nitrogens is 2. The normalized spacial score (nSPS) is 10.7. The Morgan fingerprint density at radius 1 is 1.09 bits per heavy atom. The van der Waals surface area contributed by atoms with E-state index in [1.165, 1.54) is 30.5 Å². The SMILES string of the molecule is N#Cc1c(-c2ccccc2)nc(NN=Cc2ccc(OCc3ccc(F)cc3)c(F)c2)[nH]c1=O. The molecule has 0 amide bonds. The van der Waals surface area contributed by atoms with E-state index in [0.717, 1.165) is 0 Å². The molecule has 9 heteroatoms. The van der Waals surface area contributed by atoms with Gasteiger partial charge < -0.3 is 4.74 Å². The summed E-state index contributed by atoms with van der Waals surface area (Å²) in [6, 6.07) is 20.7. The molecule has 0 saturated carbocycles. The number of nitriles is 1. The second-order valence-electron chi connectivity index (χ2n) is 7.09. The first-order valence-corrected chi connectivity index (χ1v) is 10.1. The molecule has 3 aromatic carbocycles. The Morgan fingerprint density at radius 2 is 1.85 bits per heavy atom. The number of H-pyrrole nitrogens is 1. The largest absolute Gasteiger partial charge is 0.486 e. The van der Waals surface area contributed by atoms with Crippen LogP contribution >= 0.6 is 0 Å². The van der Waals surface area contributed by atoms with E-state index in [9.17, 15) is 18.8 Å². The van der Waals surface area contributed by atoms with Gasteiger partial charge in [0, 0.05) is 5.56 Å². The summed E-state index contributed by atoms with van der Waals surface area (Å²) in [6.07, 6.45) is 1.34. The first kappa shape index (κ1) is 22.4. The molecule has 0 saturated heterocycles. The van der Waals surface area contributed by atoms with Crippen LogP contribution in [0.2, 0.25) is 0 Å². The van der Waals surface area contributed by atoms with Crippen molar-refractivity contribution in [1.29, 1.82) is 5.26 Å². The Balaban J connectivity index is 1.45. The van der Waals surface area contributed by atoms with E-state index in [4.69, 9.17) is 4.74 Å². The molecule has 0 aliphatic carbocycles. The molecular weight excluding hydrogens is 440 g/mol. The summed E-state index contributed by atoms with van der Waals surface area (Å²) in [5.41, 5.74) is 3.83. The quantitative estimate of drug-likeness (QED) is 0.312.